The summed E-state index contributed by atoms with van der Waals surface area (Å²) in [6, 6.07) is 31.3. The van der Waals surface area contributed by atoms with Crippen molar-refractivity contribution in [2.75, 3.05) is 11.4 Å². The van der Waals surface area contributed by atoms with Crippen molar-refractivity contribution in [3.63, 3.8) is 0 Å². The lowest BCUT2D eigenvalue weighted by atomic mass is 9.98. The molecule has 0 aliphatic carbocycles. The highest BCUT2D eigenvalue weighted by Gasteiger charge is 2.28. The summed E-state index contributed by atoms with van der Waals surface area (Å²) in [7, 11) is 0. The van der Waals surface area contributed by atoms with Crippen LogP contribution >= 0.6 is 11.8 Å². The fourth-order valence-electron chi connectivity index (χ4n) is 4.30. The van der Waals surface area contributed by atoms with Crippen LogP contribution in [0.3, 0.4) is 0 Å². The summed E-state index contributed by atoms with van der Waals surface area (Å²) in [4.78, 5) is 31.0. The van der Waals surface area contributed by atoms with Gasteiger partial charge in [0.05, 0.1) is 17.8 Å². The molecule has 36 heavy (non-hydrogen) atoms. The Morgan fingerprint density at radius 1 is 0.750 bits per heavy atom. The molecule has 0 fully saturated rings. The molecule has 4 aromatic rings. The van der Waals surface area contributed by atoms with E-state index >= 15 is 0 Å². The van der Waals surface area contributed by atoms with E-state index in [9.17, 15) is 9.59 Å². The van der Waals surface area contributed by atoms with Crippen molar-refractivity contribution in [3.8, 4) is 0 Å². The van der Waals surface area contributed by atoms with E-state index in [1.807, 2.05) is 74.5 Å². The van der Waals surface area contributed by atoms with Crippen LogP contribution in [0.1, 0.15) is 39.6 Å². The van der Waals surface area contributed by atoms with Gasteiger partial charge in [0, 0.05) is 27.5 Å². The molecule has 5 heteroatoms. The number of hydrogen-bond donors (Lipinski definition) is 0. The first-order valence-electron chi connectivity index (χ1n) is 12.0. The number of ketones is 1. The number of carbonyl (C=O) groups excluding carboxylic acids is 2. The van der Waals surface area contributed by atoms with Gasteiger partial charge in [-0.3, -0.25) is 9.59 Å². The van der Waals surface area contributed by atoms with E-state index in [1.165, 1.54) is 0 Å². The number of rotatable bonds is 7. The summed E-state index contributed by atoms with van der Waals surface area (Å²) in [5, 5.41) is 0. The summed E-state index contributed by atoms with van der Waals surface area (Å²) >= 11 is 1.73. The largest absolute Gasteiger partial charge is 0.449 e. The number of para-hydroxylation sites is 2. The highest BCUT2D eigenvalue weighted by Crippen LogP contribution is 2.47. The van der Waals surface area contributed by atoms with Crippen molar-refractivity contribution in [2.45, 2.75) is 36.2 Å². The zero-order chi connectivity index (χ0) is 25.1. The van der Waals surface area contributed by atoms with Crippen molar-refractivity contribution in [1.29, 1.82) is 0 Å². The normalized spacial score (nSPS) is 12.9. The zero-order valence-electron chi connectivity index (χ0n) is 20.3. The van der Waals surface area contributed by atoms with Crippen molar-refractivity contribution in [3.05, 3.63) is 119 Å². The second-order valence-corrected chi connectivity index (χ2v) is 10.0. The number of nitrogens with zero attached hydrogens (tertiary/aromatic N) is 1. The van der Waals surface area contributed by atoms with E-state index in [-0.39, 0.29) is 12.2 Å². The Kier molecular flexibility index (Phi) is 6.92. The molecular weight excluding hydrogens is 466 g/mol. The molecule has 0 aromatic heterocycles. The van der Waals surface area contributed by atoms with E-state index in [1.54, 1.807) is 23.9 Å². The molecule has 1 atom stereocenters. The number of fused-ring (bicyclic) bond motifs is 2. The first kappa shape index (κ1) is 23.9. The average Bonchev–Trinajstić information content (AvgIpc) is 2.90. The minimum atomic E-state index is -0.989. The summed E-state index contributed by atoms with van der Waals surface area (Å²) in [6.45, 7) is 4.41. The Labute approximate surface area is 215 Å². The van der Waals surface area contributed by atoms with Gasteiger partial charge in [-0.05, 0) is 38.1 Å². The van der Waals surface area contributed by atoms with Crippen molar-refractivity contribution < 1.29 is 14.3 Å². The average molecular weight is 494 g/mol. The summed E-state index contributed by atoms with van der Waals surface area (Å²) in [5.41, 5.74) is 5.47. The maximum absolute atomic E-state index is 13.4. The summed E-state index contributed by atoms with van der Waals surface area (Å²) in [6.07, 6.45) is -0.839. The van der Waals surface area contributed by atoms with Gasteiger partial charge in [0.1, 0.15) is 0 Å². The van der Waals surface area contributed by atoms with Crippen LogP contribution < -0.4 is 4.90 Å². The Morgan fingerprint density at radius 3 is 1.86 bits per heavy atom. The SMILES string of the molecule is Cc1ccc(C(=O)[C@@H](OC(=O)CCN2c3ccccc3Sc3ccccc32)c2ccc(C)cc2)cc1. The second kappa shape index (κ2) is 10.4. The molecule has 4 nitrogen and oxygen atoms in total. The lowest BCUT2D eigenvalue weighted by Gasteiger charge is -2.32. The number of anilines is 2. The third-order valence-corrected chi connectivity index (χ3v) is 7.41. The predicted octanol–water partition coefficient (Wildman–Crippen LogP) is 7.46. The standard InChI is InChI=1S/C31H27NO3S/c1-21-11-15-23(16-12-21)30(34)31(24-17-13-22(2)14-18-24)35-29(33)19-20-32-25-7-3-5-9-27(25)36-28-10-6-4-8-26(28)32/h3-18,31H,19-20H2,1-2H3/t31-/m0/s1. The van der Waals surface area contributed by atoms with Crippen LogP contribution in [-0.2, 0) is 9.53 Å². The Bertz CT molecular complexity index is 1350. The van der Waals surface area contributed by atoms with Crippen molar-refractivity contribution in [1.82, 2.24) is 0 Å². The van der Waals surface area contributed by atoms with Gasteiger partial charge in [-0.25, -0.2) is 0 Å². The third kappa shape index (κ3) is 5.07. The molecule has 0 unspecified atom stereocenters. The van der Waals surface area contributed by atoms with Gasteiger partial charge in [-0.2, -0.15) is 0 Å². The zero-order valence-corrected chi connectivity index (χ0v) is 21.1. The number of carbonyl (C=O) groups is 2. The monoisotopic (exact) mass is 493 g/mol. The van der Waals surface area contributed by atoms with Crippen LogP contribution in [0.5, 0.6) is 0 Å². The molecule has 0 amide bonds. The van der Waals surface area contributed by atoms with Gasteiger partial charge in [0.15, 0.2) is 6.10 Å². The van der Waals surface area contributed by atoms with Gasteiger partial charge >= 0.3 is 5.97 Å². The van der Waals surface area contributed by atoms with E-state index in [0.717, 1.165) is 32.3 Å². The quantitative estimate of drug-likeness (QED) is 0.197. The van der Waals surface area contributed by atoms with Crippen LogP contribution in [0.4, 0.5) is 11.4 Å². The van der Waals surface area contributed by atoms with Gasteiger partial charge < -0.3 is 9.64 Å². The summed E-state index contributed by atoms with van der Waals surface area (Å²) < 4.78 is 5.87. The fourth-order valence-corrected chi connectivity index (χ4v) is 5.39. The van der Waals surface area contributed by atoms with Crippen molar-refractivity contribution >= 4 is 34.9 Å². The number of aryl methyl sites for hydroxylation is 2. The van der Waals surface area contributed by atoms with E-state index in [4.69, 9.17) is 4.74 Å². The number of hydrogen-bond acceptors (Lipinski definition) is 5. The minimum Gasteiger partial charge on any atom is -0.449 e. The van der Waals surface area contributed by atoms with E-state index in [0.29, 0.717) is 17.7 Å². The van der Waals surface area contributed by atoms with Gasteiger partial charge in [-0.1, -0.05) is 95.7 Å². The van der Waals surface area contributed by atoms with Crippen LogP contribution in [0, 0.1) is 13.8 Å². The molecule has 1 aliphatic rings. The maximum Gasteiger partial charge on any atom is 0.308 e. The smallest absolute Gasteiger partial charge is 0.308 e. The van der Waals surface area contributed by atoms with E-state index < -0.39 is 12.1 Å². The number of Topliss-reactive ketones (excluding diaryl/α,β-unsaturated/α-hetero) is 1. The van der Waals surface area contributed by atoms with Gasteiger partial charge in [0.25, 0.3) is 0 Å². The van der Waals surface area contributed by atoms with Crippen LogP contribution in [0.25, 0.3) is 0 Å². The first-order valence-corrected chi connectivity index (χ1v) is 12.8. The van der Waals surface area contributed by atoms with E-state index in [2.05, 4.69) is 29.2 Å². The Hall–Kier alpha value is -3.83. The van der Waals surface area contributed by atoms with Crippen LogP contribution in [-0.4, -0.2) is 18.3 Å². The maximum atomic E-state index is 13.4. The highest BCUT2D eigenvalue weighted by atomic mass is 32.2. The van der Waals surface area contributed by atoms with Crippen LogP contribution in [0.2, 0.25) is 0 Å². The van der Waals surface area contributed by atoms with Crippen LogP contribution in [0.15, 0.2) is 107 Å². The lowest BCUT2D eigenvalue weighted by molar-refractivity contribution is -0.147. The summed E-state index contributed by atoms with van der Waals surface area (Å²) in [5.74, 6) is -0.633. The number of benzene rings is 4. The number of ether oxygens (including phenoxy) is 1. The van der Waals surface area contributed by atoms with Crippen molar-refractivity contribution in [2.24, 2.45) is 0 Å². The first-order chi connectivity index (χ1) is 17.5. The highest BCUT2D eigenvalue weighted by molar-refractivity contribution is 7.99. The molecule has 0 bridgehead atoms. The Balaban J connectivity index is 1.37. The minimum absolute atomic E-state index is 0.150. The molecule has 1 aliphatic heterocycles. The predicted molar refractivity (Wildman–Crippen MR) is 144 cm³/mol. The molecule has 0 radical (unpaired) electrons. The molecule has 180 valence electrons. The molecule has 1 heterocycles. The molecule has 0 saturated carbocycles. The second-order valence-electron chi connectivity index (χ2n) is 8.95. The third-order valence-electron chi connectivity index (χ3n) is 6.28. The molecular formula is C31H27NO3S. The Morgan fingerprint density at radius 2 is 1.28 bits per heavy atom. The fraction of sp³-hybridized carbons (Fsp3) is 0.161. The topological polar surface area (TPSA) is 46.6 Å². The van der Waals surface area contributed by atoms with Gasteiger partial charge in [0.2, 0.25) is 5.78 Å². The number of esters is 1. The molecule has 5 rings (SSSR count). The molecule has 0 saturated heterocycles. The molecule has 0 spiro atoms. The lowest BCUT2D eigenvalue weighted by Crippen LogP contribution is -2.26. The molecule has 4 aromatic carbocycles. The molecule has 0 N–H and O–H groups in total. The van der Waals surface area contributed by atoms with Gasteiger partial charge in [-0.15, -0.1) is 0 Å².